The zero-order valence-electron chi connectivity index (χ0n) is 17.5. The van der Waals surface area contributed by atoms with E-state index in [0.717, 1.165) is 16.0 Å². The van der Waals surface area contributed by atoms with Crippen molar-refractivity contribution in [3.63, 3.8) is 0 Å². The van der Waals surface area contributed by atoms with E-state index in [1.54, 1.807) is 25.1 Å². The second-order valence-electron chi connectivity index (χ2n) is 7.72. The van der Waals surface area contributed by atoms with Crippen molar-refractivity contribution in [2.24, 2.45) is 0 Å². The Morgan fingerprint density at radius 2 is 1.84 bits per heavy atom. The molecule has 1 aliphatic rings. The third-order valence-electron chi connectivity index (χ3n) is 5.05. The highest BCUT2D eigenvalue weighted by Gasteiger charge is 2.48. The molecule has 0 aromatic heterocycles. The molecule has 2 aromatic carbocycles. The first-order valence-electron chi connectivity index (χ1n) is 9.97. The van der Waals surface area contributed by atoms with Gasteiger partial charge in [0.25, 0.3) is 11.8 Å². The van der Waals surface area contributed by atoms with Crippen LogP contribution in [0.3, 0.4) is 0 Å². The Morgan fingerprint density at radius 3 is 2.55 bits per heavy atom. The lowest BCUT2D eigenvalue weighted by Gasteiger charge is -2.21. The van der Waals surface area contributed by atoms with Gasteiger partial charge in [0.15, 0.2) is 6.61 Å². The van der Waals surface area contributed by atoms with Crippen LogP contribution in [-0.2, 0) is 25.5 Å². The summed E-state index contributed by atoms with van der Waals surface area (Å²) >= 11 is 0. The van der Waals surface area contributed by atoms with Gasteiger partial charge in [0.2, 0.25) is 0 Å². The summed E-state index contributed by atoms with van der Waals surface area (Å²) in [4.78, 5) is 49.9. The van der Waals surface area contributed by atoms with E-state index in [1.807, 2.05) is 43.3 Å². The molecule has 8 nitrogen and oxygen atoms in total. The predicted octanol–water partition coefficient (Wildman–Crippen LogP) is 2.42. The standard InChI is InChI=1S/C23H25N3O5/c1-16-7-6-10-18(13-16)24-19(27)15-31-20(28)14-26-21(29)23(2,25-22(26)30)12-11-17-8-4-3-5-9-17/h3-10,13H,11-12,14-15H2,1-2H3,(H,24,27)(H,25,30)/t23-/m1/s1. The molecule has 1 aliphatic heterocycles. The van der Waals surface area contributed by atoms with Crippen molar-refractivity contribution in [1.82, 2.24) is 10.2 Å². The Balaban J connectivity index is 1.49. The topological polar surface area (TPSA) is 105 Å². The van der Waals surface area contributed by atoms with Crippen molar-refractivity contribution in [3.05, 3.63) is 65.7 Å². The number of aryl methyl sites for hydroxylation is 2. The first-order valence-corrected chi connectivity index (χ1v) is 9.97. The van der Waals surface area contributed by atoms with Crippen molar-refractivity contribution in [2.75, 3.05) is 18.5 Å². The molecule has 0 unspecified atom stereocenters. The number of carbonyl (C=O) groups is 4. The van der Waals surface area contributed by atoms with E-state index in [4.69, 9.17) is 4.74 Å². The lowest BCUT2D eigenvalue weighted by atomic mass is 9.93. The van der Waals surface area contributed by atoms with Crippen LogP contribution in [-0.4, -0.2) is 47.4 Å². The van der Waals surface area contributed by atoms with E-state index in [9.17, 15) is 19.2 Å². The molecule has 4 amide bonds. The smallest absolute Gasteiger partial charge is 0.326 e. The fourth-order valence-corrected chi connectivity index (χ4v) is 3.34. The Kier molecular flexibility index (Phi) is 6.69. The molecule has 0 radical (unpaired) electrons. The van der Waals surface area contributed by atoms with Crippen LogP contribution in [0.25, 0.3) is 0 Å². The quantitative estimate of drug-likeness (QED) is 0.501. The number of hydrogen-bond donors (Lipinski definition) is 2. The summed E-state index contributed by atoms with van der Waals surface area (Å²) in [7, 11) is 0. The Labute approximate surface area is 180 Å². The Bertz CT molecular complexity index is 992. The van der Waals surface area contributed by atoms with E-state index in [1.165, 1.54) is 0 Å². The number of benzene rings is 2. The first kappa shape index (κ1) is 22.0. The zero-order chi connectivity index (χ0) is 22.4. The van der Waals surface area contributed by atoms with E-state index in [-0.39, 0.29) is 0 Å². The van der Waals surface area contributed by atoms with E-state index < -0.39 is 42.5 Å². The van der Waals surface area contributed by atoms with Crippen LogP contribution < -0.4 is 10.6 Å². The summed E-state index contributed by atoms with van der Waals surface area (Å²) in [6, 6.07) is 16.1. The summed E-state index contributed by atoms with van der Waals surface area (Å²) in [6.45, 7) is 2.46. The number of urea groups is 1. The number of nitrogens with one attached hydrogen (secondary N) is 2. The molecule has 162 valence electrons. The number of amides is 4. The minimum absolute atomic E-state index is 0.395. The number of rotatable bonds is 8. The van der Waals surface area contributed by atoms with Crippen molar-refractivity contribution in [1.29, 1.82) is 0 Å². The Hall–Kier alpha value is -3.68. The highest BCUT2D eigenvalue weighted by Crippen LogP contribution is 2.23. The van der Waals surface area contributed by atoms with Gasteiger partial charge in [0, 0.05) is 5.69 Å². The van der Waals surface area contributed by atoms with Crippen molar-refractivity contribution in [2.45, 2.75) is 32.2 Å². The van der Waals surface area contributed by atoms with Crippen LogP contribution in [0.2, 0.25) is 0 Å². The summed E-state index contributed by atoms with van der Waals surface area (Å²) in [6.07, 6.45) is 0.993. The fraction of sp³-hybridized carbons (Fsp3) is 0.304. The number of carbonyl (C=O) groups excluding carboxylic acids is 4. The minimum atomic E-state index is -1.10. The zero-order valence-corrected chi connectivity index (χ0v) is 17.5. The number of esters is 1. The van der Waals surface area contributed by atoms with Crippen molar-refractivity contribution in [3.8, 4) is 0 Å². The third kappa shape index (κ3) is 5.69. The lowest BCUT2D eigenvalue weighted by molar-refractivity contribution is -0.150. The molecule has 3 rings (SSSR count). The normalized spacial score (nSPS) is 17.9. The number of imide groups is 1. The number of ether oxygens (including phenoxy) is 1. The predicted molar refractivity (Wildman–Crippen MR) is 114 cm³/mol. The van der Waals surface area contributed by atoms with Crippen LogP contribution in [0.15, 0.2) is 54.6 Å². The van der Waals surface area contributed by atoms with Gasteiger partial charge in [-0.2, -0.15) is 0 Å². The average Bonchev–Trinajstić information content (AvgIpc) is 2.95. The summed E-state index contributed by atoms with van der Waals surface area (Å²) in [5, 5.41) is 5.28. The Morgan fingerprint density at radius 1 is 1.10 bits per heavy atom. The van der Waals surface area contributed by atoms with Crippen LogP contribution in [0.4, 0.5) is 10.5 Å². The molecular formula is C23H25N3O5. The van der Waals surface area contributed by atoms with E-state index in [2.05, 4.69) is 10.6 Å². The SMILES string of the molecule is Cc1cccc(NC(=O)COC(=O)CN2C(=O)N[C@](C)(CCc3ccccc3)C2=O)c1. The van der Waals surface area contributed by atoms with Gasteiger partial charge in [-0.1, -0.05) is 42.5 Å². The average molecular weight is 423 g/mol. The van der Waals surface area contributed by atoms with Gasteiger partial charge in [0.05, 0.1) is 0 Å². The maximum absolute atomic E-state index is 12.8. The van der Waals surface area contributed by atoms with Crippen molar-refractivity contribution < 1.29 is 23.9 Å². The molecule has 1 fully saturated rings. The lowest BCUT2D eigenvalue weighted by Crippen LogP contribution is -2.44. The van der Waals surface area contributed by atoms with Gasteiger partial charge in [-0.25, -0.2) is 4.79 Å². The second-order valence-corrected chi connectivity index (χ2v) is 7.72. The molecule has 0 saturated carbocycles. The molecule has 1 heterocycles. The first-order chi connectivity index (χ1) is 14.8. The maximum atomic E-state index is 12.8. The molecule has 0 bridgehead atoms. The number of hydrogen-bond acceptors (Lipinski definition) is 5. The van der Waals surface area contributed by atoms with Crippen LogP contribution in [0, 0.1) is 6.92 Å². The molecule has 2 aromatic rings. The highest BCUT2D eigenvalue weighted by atomic mass is 16.5. The van der Waals surface area contributed by atoms with Gasteiger partial charge >= 0.3 is 12.0 Å². The molecule has 0 spiro atoms. The van der Waals surface area contributed by atoms with Crippen LogP contribution in [0.1, 0.15) is 24.5 Å². The molecule has 31 heavy (non-hydrogen) atoms. The molecular weight excluding hydrogens is 398 g/mol. The summed E-state index contributed by atoms with van der Waals surface area (Å²) < 4.78 is 4.94. The van der Waals surface area contributed by atoms with Gasteiger partial charge in [-0.05, 0) is 49.9 Å². The molecule has 0 aliphatic carbocycles. The summed E-state index contributed by atoms with van der Waals surface area (Å²) in [5.41, 5.74) is 1.51. The van der Waals surface area contributed by atoms with E-state index in [0.29, 0.717) is 18.5 Å². The second kappa shape index (κ2) is 9.42. The summed E-state index contributed by atoms with van der Waals surface area (Å²) in [5.74, 6) is -1.84. The maximum Gasteiger partial charge on any atom is 0.326 e. The van der Waals surface area contributed by atoms with Crippen LogP contribution in [0.5, 0.6) is 0 Å². The molecule has 1 atom stereocenters. The highest BCUT2D eigenvalue weighted by molar-refractivity contribution is 6.08. The number of nitrogens with zero attached hydrogens (tertiary/aromatic N) is 1. The van der Waals surface area contributed by atoms with Gasteiger partial charge in [-0.15, -0.1) is 0 Å². The van der Waals surface area contributed by atoms with Gasteiger partial charge < -0.3 is 15.4 Å². The van der Waals surface area contributed by atoms with E-state index >= 15 is 0 Å². The van der Waals surface area contributed by atoms with Crippen molar-refractivity contribution >= 4 is 29.5 Å². The van der Waals surface area contributed by atoms with Crippen LogP contribution >= 0.6 is 0 Å². The largest absolute Gasteiger partial charge is 0.454 e. The fourth-order valence-electron chi connectivity index (χ4n) is 3.34. The molecule has 2 N–H and O–H groups in total. The monoisotopic (exact) mass is 423 g/mol. The third-order valence-corrected chi connectivity index (χ3v) is 5.05. The van der Waals surface area contributed by atoms with Gasteiger partial charge in [-0.3, -0.25) is 19.3 Å². The minimum Gasteiger partial charge on any atom is -0.454 e. The number of anilines is 1. The van der Waals surface area contributed by atoms with Gasteiger partial charge in [0.1, 0.15) is 12.1 Å². The molecule has 8 heteroatoms. The molecule has 1 saturated heterocycles.